The van der Waals surface area contributed by atoms with Crippen molar-refractivity contribution >= 4 is 6.29 Å². The third-order valence-electron chi connectivity index (χ3n) is 2.67. The molecule has 0 spiro atoms. The van der Waals surface area contributed by atoms with E-state index in [1.54, 1.807) is 6.08 Å². The van der Waals surface area contributed by atoms with Crippen molar-refractivity contribution in [2.75, 3.05) is 26.4 Å². The average Bonchev–Trinajstić information content (AvgIpc) is 2.55. The Morgan fingerprint density at radius 1 is 1.04 bits per heavy atom. The van der Waals surface area contributed by atoms with Crippen LogP contribution in [0.2, 0.25) is 0 Å². The Hall–Kier alpha value is -1.05. The fraction of sp³-hybridized carbons (Fsp3) is 0.737. The summed E-state index contributed by atoms with van der Waals surface area (Å²) in [6.07, 6.45) is 5.69. The van der Waals surface area contributed by atoms with Gasteiger partial charge < -0.3 is 24.8 Å². The molecule has 0 unspecified atom stereocenters. The van der Waals surface area contributed by atoms with E-state index in [1.807, 2.05) is 27.7 Å². The van der Waals surface area contributed by atoms with Gasteiger partial charge in [-0.1, -0.05) is 17.2 Å². The van der Waals surface area contributed by atoms with Crippen LogP contribution in [-0.4, -0.2) is 60.4 Å². The zero-order chi connectivity index (χ0) is 20.1. The van der Waals surface area contributed by atoms with Gasteiger partial charge in [0.15, 0.2) is 6.29 Å². The minimum Gasteiger partial charge on any atom is -0.394 e. The van der Waals surface area contributed by atoms with Gasteiger partial charge in [-0.15, -0.1) is 0 Å². The summed E-state index contributed by atoms with van der Waals surface area (Å²) in [6, 6.07) is 0. The predicted octanol–water partition coefficient (Wildman–Crippen LogP) is 2.62. The second kappa shape index (κ2) is 22.9. The highest BCUT2D eigenvalue weighted by atomic mass is 16.7. The summed E-state index contributed by atoms with van der Waals surface area (Å²) in [5, 5.41) is 24.0. The van der Waals surface area contributed by atoms with Crippen molar-refractivity contribution < 1.29 is 29.6 Å². The largest absolute Gasteiger partial charge is 0.394 e. The maximum atomic E-state index is 10.0. The molecule has 0 aliphatic heterocycles. The molecule has 6 nitrogen and oxygen atoms in total. The van der Waals surface area contributed by atoms with Gasteiger partial charge >= 0.3 is 0 Å². The monoisotopic (exact) mass is 362 g/mol. The Morgan fingerprint density at radius 2 is 1.52 bits per heavy atom. The van der Waals surface area contributed by atoms with Gasteiger partial charge in [0, 0.05) is 13.2 Å². The predicted molar refractivity (Wildman–Crippen MR) is 101 cm³/mol. The van der Waals surface area contributed by atoms with Crippen LogP contribution in [0.3, 0.4) is 0 Å². The molecular weight excluding hydrogens is 324 g/mol. The molecule has 0 radical (unpaired) electrons. The number of aliphatic hydroxyl groups excluding tert-OH is 3. The van der Waals surface area contributed by atoms with E-state index in [1.165, 1.54) is 5.57 Å². The van der Waals surface area contributed by atoms with Gasteiger partial charge in [0.25, 0.3) is 0 Å². The van der Waals surface area contributed by atoms with E-state index in [9.17, 15) is 4.79 Å². The van der Waals surface area contributed by atoms with Crippen LogP contribution >= 0.6 is 0 Å². The van der Waals surface area contributed by atoms with Crippen LogP contribution in [0.25, 0.3) is 0 Å². The second-order valence-electron chi connectivity index (χ2n) is 5.47. The first kappa shape index (κ1) is 28.7. The fourth-order valence-electron chi connectivity index (χ4n) is 1.36. The second-order valence-corrected chi connectivity index (χ2v) is 5.47. The molecule has 0 aliphatic rings. The molecule has 0 saturated carbocycles. The van der Waals surface area contributed by atoms with Crippen LogP contribution in [-0.2, 0) is 14.3 Å². The lowest BCUT2D eigenvalue weighted by Crippen LogP contribution is -2.15. The highest BCUT2D eigenvalue weighted by Crippen LogP contribution is 2.05. The molecule has 0 aromatic carbocycles. The summed E-state index contributed by atoms with van der Waals surface area (Å²) in [6.45, 7) is 12.7. The van der Waals surface area contributed by atoms with E-state index in [-0.39, 0.29) is 19.5 Å². The lowest BCUT2D eigenvalue weighted by atomic mass is 10.1. The molecule has 0 amide bonds. The smallest absolute Gasteiger partial charge is 0.154 e. The van der Waals surface area contributed by atoms with E-state index < -0.39 is 6.10 Å². The van der Waals surface area contributed by atoms with Crippen molar-refractivity contribution in [2.45, 2.75) is 66.8 Å². The van der Waals surface area contributed by atoms with Crippen LogP contribution in [0.5, 0.6) is 0 Å². The Kier molecular flexibility index (Phi) is 26.4. The SMILES string of the molecule is CC(C)=CCCC(C)=CC=O.CCOC(C)OCC.OCC(O)CO. The minimum atomic E-state index is -0.954. The lowest BCUT2D eigenvalue weighted by Gasteiger charge is -2.09. The first-order chi connectivity index (χ1) is 11.8. The Labute approximate surface area is 153 Å². The number of aliphatic hydroxyl groups is 3. The molecule has 0 saturated heterocycles. The van der Waals surface area contributed by atoms with Crippen molar-refractivity contribution in [1.29, 1.82) is 0 Å². The number of hydrogen-bond acceptors (Lipinski definition) is 6. The molecule has 25 heavy (non-hydrogen) atoms. The van der Waals surface area contributed by atoms with E-state index >= 15 is 0 Å². The zero-order valence-corrected chi connectivity index (χ0v) is 16.7. The van der Waals surface area contributed by atoms with Crippen LogP contribution in [0.4, 0.5) is 0 Å². The maximum absolute atomic E-state index is 10.0. The number of allylic oxidation sites excluding steroid dienone is 4. The molecule has 0 rings (SSSR count). The molecule has 0 heterocycles. The molecular formula is C19H38O6. The first-order valence-electron chi connectivity index (χ1n) is 8.66. The maximum Gasteiger partial charge on any atom is 0.154 e. The van der Waals surface area contributed by atoms with Crippen molar-refractivity contribution in [3.63, 3.8) is 0 Å². The van der Waals surface area contributed by atoms with Crippen molar-refractivity contribution in [3.05, 3.63) is 23.3 Å². The molecule has 0 aromatic rings. The van der Waals surface area contributed by atoms with Crippen molar-refractivity contribution in [2.24, 2.45) is 0 Å². The molecule has 150 valence electrons. The fourth-order valence-corrected chi connectivity index (χ4v) is 1.36. The summed E-state index contributed by atoms with van der Waals surface area (Å²) >= 11 is 0. The van der Waals surface area contributed by atoms with Crippen LogP contribution in [0.1, 0.15) is 54.4 Å². The Morgan fingerprint density at radius 3 is 1.80 bits per heavy atom. The molecule has 0 fully saturated rings. The number of hydrogen-bond donors (Lipinski definition) is 3. The molecule has 6 heteroatoms. The quantitative estimate of drug-likeness (QED) is 0.239. The Balaban J connectivity index is -0.000000306. The van der Waals surface area contributed by atoms with E-state index in [4.69, 9.17) is 24.8 Å². The first-order valence-corrected chi connectivity index (χ1v) is 8.66. The summed E-state index contributed by atoms with van der Waals surface area (Å²) in [7, 11) is 0. The summed E-state index contributed by atoms with van der Waals surface area (Å²) in [5.74, 6) is 0. The number of aldehydes is 1. The number of rotatable bonds is 10. The summed E-state index contributed by atoms with van der Waals surface area (Å²) < 4.78 is 10.1. The third kappa shape index (κ3) is 31.3. The minimum absolute atomic E-state index is 0.0370. The van der Waals surface area contributed by atoms with Crippen LogP contribution in [0.15, 0.2) is 23.3 Å². The van der Waals surface area contributed by atoms with Gasteiger partial charge in [0.05, 0.1) is 13.2 Å². The van der Waals surface area contributed by atoms with Crippen LogP contribution in [0, 0.1) is 0 Å². The summed E-state index contributed by atoms with van der Waals surface area (Å²) in [5.41, 5.74) is 2.49. The lowest BCUT2D eigenvalue weighted by molar-refractivity contribution is -0.123. The van der Waals surface area contributed by atoms with Crippen molar-refractivity contribution in [1.82, 2.24) is 0 Å². The molecule has 0 bridgehead atoms. The average molecular weight is 363 g/mol. The van der Waals surface area contributed by atoms with Gasteiger partial charge in [0.1, 0.15) is 12.4 Å². The van der Waals surface area contributed by atoms with E-state index in [2.05, 4.69) is 19.9 Å². The van der Waals surface area contributed by atoms with E-state index in [0.29, 0.717) is 0 Å². The topological polar surface area (TPSA) is 96.2 Å². The van der Waals surface area contributed by atoms with Crippen LogP contribution < -0.4 is 0 Å². The van der Waals surface area contributed by atoms with Gasteiger partial charge in [0.2, 0.25) is 0 Å². The zero-order valence-electron chi connectivity index (χ0n) is 16.7. The molecule has 0 aliphatic carbocycles. The standard InChI is InChI=1S/C10H16O.C6H14O2.C3H8O3/c1-9(2)5-4-6-10(3)7-8-11;1-4-7-6(3)8-5-2;4-1-3(6)2-5/h5,7-8H,4,6H2,1-3H3;6H,4-5H2,1-3H3;3-6H,1-2H2. The normalized spacial score (nSPS) is 10.6. The number of carbonyl (C=O) groups excluding carboxylic acids is 1. The number of ether oxygens (including phenoxy) is 2. The highest BCUT2D eigenvalue weighted by Gasteiger charge is 1.95. The van der Waals surface area contributed by atoms with Gasteiger partial charge in [-0.05, 0) is 60.5 Å². The van der Waals surface area contributed by atoms with Gasteiger partial charge in [-0.2, -0.15) is 0 Å². The molecule has 3 N–H and O–H groups in total. The van der Waals surface area contributed by atoms with Gasteiger partial charge in [-0.3, -0.25) is 4.79 Å². The highest BCUT2D eigenvalue weighted by molar-refractivity contribution is 5.65. The van der Waals surface area contributed by atoms with Crippen molar-refractivity contribution in [3.8, 4) is 0 Å². The summed E-state index contributed by atoms with van der Waals surface area (Å²) in [4.78, 5) is 10.0. The third-order valence-corrected chi connectivity index (χ3v) is 2.67. The molecule has 0 atom stereocenters. The van der Waals surface area contributed by atoms with Gasteiger partial charge in [-0.25, -0.2) is 0 Å². The van der Waals surface area contributed by atoms with E-state index in [0.717, 1.165) is 37.9 Å². The molecule has 0 aromatic heterocycles. The Bertz CT molecular complexity index is 325. The number of carbonyl (C=O) groups is 1.